The lowest BCUT2D eigenvalue weighted by atomic mass is 10.0. The molecule has 0 fully saturated rings. The minimum absolute atomic E-state index is 0.124. The second-order valence-electron chi connectivity index (χ2n) is 4.44. The van der Waals surface area contributed by atoms with Crippen molar-refractivity contribution in [1.82, 2.24) is 5.32 Å². The van der Waals surface area contributed by atoms with Gasteiger partial charge in [0.15, 0.2) is 0 Å². The molecule has 1 unspecified atom stereocenters. The van der Waals surface area contributed by atoms with Crippen molar-refractivity contribution in [3.63, 3.8) is 0 Å². The van der Waals surface area contributed by atoms with Gasteiger partial charge in [0.1, 0.15) is 5.82 Å². The van der Waals surface area contributed by atoms with Gasteiger partial charge in [0.2, 0.25) is 0 Å². The first kappa shape index (κ1) is 14.7. The zero-order valence-electron chi connectivity index (χ0n) is 10.8. The third-order valence-electron chi connectivity index (χ3n) is 2.96. The van der Waals surface area contributed by atoms with Gasteiger partial charge in [-0.1, -0.05) is 25.1 Å². The Balaban J connectivity index is 2.16. The molecule has 0 radical (unpaired) electrons. The van der Waals surface area contributed by atoms with Crippen LogP contribution in [0, 0.1) is 5.82 Å². The van der Waals surface area contributed by atoms with Gasteiger partial charge in [0.05, 0.1) is 3.79 Å². The lowest BCUT2D eigenvalue weighted by molar-refractivity contribution is 0.519. The summed E-state index contributed by atoms with van der Waals surface area (Å²) in [4.78, 5) is 1.24. The number of hydrogen-bond acceptors (Lipinski definition) is 2. The van der Waals surface area contributed by atoms with E-state index in [9.17, 15) is 4.39 Å². The summed E-state index contributed by atoms with van der Waals surface area (Å²) in [7, 11) is 0. The van der Waals surface area contributed by atoms with Gasteiger partial charge in [-0.3, -0.25) is 0 Å². The van der Waals surface area contributed by atoms with Crippen LogP contribution < -0.4 is 5.32 Å². The molecule has 0 aliphatic rings. The van der Waals surface area contributed by atoms with Gasteiger partial charge in [0, 0.05) is 10.9 Å². The fourth-order valence-corrected chi connectivity index (χ4v) is 3.49. The fourth-order valence-electron chi connectivity index (χ4n) is 1.99. The minimum atomic E-state index is -0.124. The van der Waals surface area contributed by atoms with Gasteiger partial charge in [-0.15, -0.1) is 11.3 Å². The van der Waals surface area contributed by atoms with E-state index in [2.05, 4.69) is 34.2 Å². The highest BCUT2D eigenvalue weighted by Crippen LogP contribution is 2.29. The van der Waals surface area contributed by atoms with E-state index in [0.29, 0.717) is 6.42 Å². The van der Waals surface area contributed by atoms with Crippen molar-refractivity contribution in [3.8, 4) is 0 Å². The maximum absolute atomic E-state index is 13.8. The lowest BCUT2D eigenvalue weighted by Gasteiger charge is -2.17. The summed E-state index contributed by atoms with van der Waals surface area (Å²) in [6.45, 7) is 3.08. The van der Waals surface area contributed by atoms with Crippen LogP contribution in [0.15, 0.2) is 40.2 Å². The Hall–Kier alpha value is -0.710. The van der Waals surface area contributed by atoms with Crippen LogP contribution in [0.4, 0.5) is 4.39 Å². The normalized spacial score (nSPS) is 12.6. The van der Waals surface area contributed by atoms with E-state index in [1.807, 2.05) is 18.2 Å². The first-order valence-corrected chi connectivity index (χ1v) is 8.03. The van der Waals surface area contributed by atoms with E-state index in [1.165, 1.54) is 10.9 Å². The summed E-state index contributed by atoms with van der Waals surface area (Å²) < 4.78 is 14.9. The van der Waals surface area contributed by atoms with Crippen molar-refractivity contribution < 1.29 is 4.39 Å². The van der Waals surface area contributed by atoms with Gasteiger partial charge < -0.3 is 5.32 Å². The highest BCUT2D eigenvalue weighted by molar-refractivity contribution is 9.11. The predicted molar refractivity (Wildman–Crippen MR) is 83.2 cm³/mol. The fraction of sp³-hybridized carbons (Fsp3) is 0.333. The van der Waals surface area contributed by atoms with Gasteiger partial charge in [-0.2, -0.15) is 0 Å². The molecule has 2 aromatic rings. The average Bonchev–Trinajstić information content (AvgIpc) is 2.83. The maximum atomic E-state index is 13.8. The van der Waals surface area contributed by atoms with Crippen LogP contribution in [0.3, 0.4) is 0 Å². The smallest absolute Gasteiger partial charge is 0.126 e. The molecule has 1 atom stereocenters. The maximum Gasteiger partial charge on any atom is 0.126 e. The van der Waals surface area contributed by atoms with E-state index in [-0.39, 0.29) is 11.9 Å². The third-order valence-corrected chi connectivity index (χ3v) is 4.70. The van der Waals surface area contributed by atoms with Crippen LogP contribution in [0.2, 0.25) is 0 Å². The van der Waals surface area contributed by atoms with Crippen LogP contribution in [-0.2, 0) is 6.42 Å². The van der Waals surface area contributed by atoms with Gasteiger partial charge in [-0.25, -0.2) is 4.39 Å². The minimum Gasteiger partial charge on any atom is -0.309 e. The first-order chi connectivity index (χ1) is 9.20. The predicted octanol–water partition coefficient (Wildman–Crippen LogP) is 4.93. The third kappa shape index (κ3) is 4.13. The second kappa shape index (κ2) is 7.17. The molecule has 0 aliphatic heterocycles. The van der Waals surface area contributed by atoms with Gasteiger partial charge >= 0.3 is 0 Å². The van der Waals surface area contributed by atoms with Crippen molar-refractivity contribution in [1.29, 1.82) is 0 Å². The second-order valence-corrected chi connectivity index (χ2v) is 6.94. The molecule has 0 saturated heterocycles. The molecule has 0 saturated carbocycles. The van der Waals surface area contributed by atoms with Gasteiger partial charge in [-0.05, 0) is 59.1 Å². The number of benzene rings is 1. The summed E-state index contributed by atoms with van der Waals surface area (Å²) in [5.74, 6) is -0.124. The van der Waals surface area contributed by atoms with Crippen molar-refractivity contribution in [2.45, 2.75) is 25.8 Å². The van der Waals surface area contributed by atoms with E-state index >= 15 is 0 Å². The summed E-state index contributed by atoms with van der Waals surface area (Å²) >= 11 is 5.19. The van der Waals surface area contributed by atoms with Crippen molar-refractivity contribution in [2.75, 3.05) is 6.54 Å². The quantitative estimate of drug-likeness (QED) is 0.785. The Kier molecular flexibility index (Phi) is 5.55. The van der Waals surface area contributed by atoms with Crippen LogP contribution >= 0.6 is 27.3 Å². The Bertz CT molecular complexity index is 526. The van der Waals surface area contributed by atoms with E-state index < -0.39 is 0 Å². The molecular weight excluding hydrogens is 325 g/mol. The number of halogens is 2. The summed E-state index contributed by atoms with van der Waals surface area (Å²) in [6, 6.07) is 11.3. The molecule has 0 spiro atoms. The lowest BCUT2D eigenvalue weighted by Crippen LogP contribution is -2.23. The molecule has 4 heteroatoms. The standard InChI is InChI=1S/C15H17BrFNS/c1-2-9-18-13(14-7-8-15(16)19-14)10-11-5-3-4-6-12(11)17/h3-8,13,18H,2,9-10H2,1H3. The monoisotopic (exact) mass is 341 g/mol. The molecule has 2 rings (SSSR count). The SMILES string of the molecule is CCCNC(Cc1ccccc1F)c1ccc(Br)s1. The summed E-state index contributed by atoms with van der Waals surface area (Å²) in [5.41, 5.74) is 0.764. The number of rotatable bonds is 6. The van der Waals surface area contributed by atoms with Crippen LogP contribution in [0.1, 0.15) is 29.8 Å². The first-order valence-electron chi connectivity index (χ1n) is 6.42. The van der Waals surface area contributed by atoms with Crippen molar-refractivity contribution in [3.05, 3.63) is 56.4 Å². The largest absolute Gasteiger partial charge is 0.309 e. The molecular formula is C15H17BrFNS. The van der Waals surface area contributed by atoms with Crippen LogP contribution in [0.25, 0.3) is 0 Å². The Labute approximate surface area is 126 Å². The Morgan fingerprint density at radius 2 is 2.05 bits per heavy atom. The zero-order chi connectivity index (χ0) is 13.7. The van der Waals surface area contributed by atoms with Crippen molar-refractivity contribution in [2.24, 2.45) is 0 Å². The van der Waals surface area contributed by atoms with Gasteiger partial charge in [0.25, 0.3) is 0 Å². The topological polar surface area (TPSA) is 12.0 Å². The highest BCUT2D eigenvalue weighted by atomic mass is 79.9. The number of nitrogens with one attached hydrogen (secondary N) is 1. The molecule has 19 heavy (non-hydrogen) atoms. The van der Waals surface area contributed by atoms with Crippen molar-refractivity contribution >= 4 is 27.3 Å². The molecule has 0 amide bonds. The van der Waals surface area contributed by atoms with Crippen LogP contribution in [-0.4, -0.2) is 6.54 Å². The number of hydrogen-bond donors (Lipinski definition) is 1. The average molecular weight is 342 g/mol. The van der Waals surface area contributed by atoms with E-state index in [0.717, 1.165) is 22.3 Å². The number of thiophene rings is 1. The molecule has 1 aromatic heterocycles. The molecule has 1 aromatic carbocycles. The summed E-state index contributed by atoms with van der Waals surface area (Å²) in [6.07, 6.45) is 1.75. The molecule has 102 valence electrons. The Morgan fingerprint density at radius 1 is 1.26 bits per heavy atom. The highest BCUT2D eigenvalue weighted by Gasteiger charge is 2.15. The van der Waals surface area contributed by atoms with E-state index in [4.69, 9.17) is 0 Å². The Morgan fingerprint density at radius 3 is 2.68 bits per heavy atom. The zero-order valence-corrected chi connectivity index (χ0v) is 13.2. The molecule has 1 heterocycles. The van der Waals surface area contributed by atoms with E-state index in [1.54, 1.807) is 17.4 Å². The molecule has 0 aliphatic carbocycles. The molecule has 1 nitrogen and oxygen atoms in total. The summed E-state index contributed by atoms with van der Waals surface area (Å²) in [5, 5.41) is 3.50. The molecule has 0 bridgehead atoms. The molecule has 1 N–H and O–H groups in total. The van der Waals surface area contributed by atoms with Crippen LogP contribution in [0.5, 0.6) is 0 Å².